The number of nitrogens with one attached hydrogen (secondary N) is 2. The molecule has 1 aromatic carbocycles. The summed E-state index contributed by atoms with van der Waals surface area (Å²) in [4.78, 5) is 36.4. The van der Waals surface area contributed by atoms with Crippen molar-refractivity contribution in [1.29, 1.82) is 0 Å². The molecule has 1 aromatic heterocycles. The first kappa shape index (κ1) is 19.5. The van der Waals surface area contributed by atoms with Crippen LogP contribution in [0, 0.1) is 13.8 Å². The Morgan fingerprint density at radius 3 is 2.38 bits per heavy atom. The second kappa shape index (κ2) is 8.48. The Kier molecular flexibility index (Phi) is 6.35. The van der Waals surface area contributed by atoms with Crippen molar-refractivity contribution in [2.75, 3.05) is 31.4 Å². The molecular formula is C18H20N2O5S. The number of anilines is 2. The normalized spacial score (nSPS) is 10.2. The van der Waals surface area contributed by atoms with Gasteiger partial charge in [0.15, 0.2) is 0 Å². The minimum absolute atomic E-state index is 0.00850. The van der Waals surface area contributed by atoms with Gasteiger partial charge < -0.3 is 20.1 Å². The largest absolute Gasteiger partial charge is 0.465 e. The maximum atomic E-state index is 12.3. The van der Waals surface area contributed by atoms with E-state index in [1.54, 1.807) is 6.92 Å². The maximum Gasteiger partial charge on any atom is 0.348 e. The molecule has 0 spiro atoms. The number of carbonyl (C=O) groups excluding carboxylic acids is 3. The molecule has 0 saturated carbocycles. The fourth-order valence-corrected chi connectivity index (χ4v) is 3.47. The van der Waals surface area contributed by atoms with Gasteiger partial charge >= 0.3 is 11.9 Å². The van der Waals surface area contributed by atoms with Crippen LogP contribution in [0.3, 0.4) is 0 Å². The molecule has 0 aliphatic rings. The predicted octanol–water partition coefficient (Wildman–Crippen LogP) is 2.99. The van der Waals surface area contributed by atoms with Gasteiger partial charge in [-0.1, -0.05) is 12.1 Å². The van der Waals surface area contributed by atoms with Crippen molar-refractivity contribution in [1.82, 2.24) is 0 Å². The summed E-state index contributed by atoms with van der Waals surface area (Å²) in [6.45, 7) is 3.57. The third-order valence-corrected chi connectivity index (χ3v) is 4.82. The SMILES string of the molecule is COC(=O)c1sc(NC(=O)CNc2cccc(C)c2)c(C(=O)OC)c1C. The number of hydrogen-bond acceptors (Lipinski definition) is 7. The lowest BCUT2D eigenvalue weighted by atomic mass is 10.1. The lowest BCUT2D eigenvalue weighted by Crippen LogP contribution is -2.22. The molecule has 1 heterocycles. The Balaban J connectivity index is 2.17. The van der Waals surface area contributed by atoms with E-state index in [-0.39, 0.29) is 27.9 Å². The second-order valence-corrected chi connectivity index (χ2v) is 6.54. The molecule has 2 N–H and O–H groups in total. The highest BCUT2D eigenvalue weighted by Gasteiger charge is 2.26. The molecule has 2 rings (SSSR count). The number of carbonyl (C=O) groups is 3. The number of aryl methyl sites for hydroxylation is 1. The van der Waals surface area contributed by atoms with Crippen molar-refractivity contribution < 1.29 is 23.9 Å². The van der Waals surface area contributed by atoms with Crippen LogP contribution in [0.15, 0.2) is 24.3 Å². The number of thiophene rings is 1. The zero-order chi connectivity index (χ0) is 19.3. The van der Waals surface area contributed by atoms with Gasteiger partial charge in [-0.25, -0.2) is 9.59 Å². The lowest BCUT2D eigenvalue weighted by molar-refractivity contribution is -0.114. The van der Waals surface area contributed by atoms with Crippen LogP contribution in [0.5, 0.6) is 0 Å². The van der Waals surface area contributed by atoms with Crippen LogP contribution in [0.2, 0.25) is 0 Å². The average molecular weight is 376 g/mol. The molecule has 0 bridgehead atoms. The Hall–Kier alpha value is -2.87. The molecule has 0 atom stereocenters. The summed E-state index contributed by atoms with van der Waals surface area (Å²) < 4.78 is 9.47. The van der Waals surface area contributed by atoms with E-state index in [4.69, 9.17) is 9.47 Å². The van der Waals surface area contributed by atoms with Crippen LogP contribution in [0.1, 0.15) is 31.2 Å². The topological polar surface area (TPSA) is 93.7 Å². The highest BCUT2D eigenvalue weighted by Crippen LogP contribution is 2.34. The first-order valence-electron chi connectivity index (χ1n) is 7.77. The van der Waals surface area contributed by atoms with Gasteiger partial charge in [0, 0.05) is 5.69 Å². The van der Waals surface area contributed by atoms with E-state index in [2.05, 4.69) is 10.6 Å². The molecule has 26 heavy (non-hydrogen) atoms. The molecule has 0 fully saturated rings. The number of rotatable bonds is 6. The van der Waals surface area contributed by atoms with E-state index in [1.807, 2.05) is 31.2 Å². The van der Waals surface area contributed by atoms with Crippen LogP contribution in [0.4, 0.5) is 10.7 Å². The molecule has 0 unspecified atom stereocenters. The van der Waals surface area contributed by atoms with Crippen molar-refractivity contribution in [3.63, 3.8) is 0 Å². The second-order valence-electron chi connectivity index (χ2n) is 5.51. The van der Waals surface area contributed by atoms with Crippen molar-refractivity contribution in [3.05, 3.63) is 45.8 Å². The smallest absolute Gasteiger partial charge is 0.348 e. The molecule has 1 amide bonds. The summed E-state index contributed by atoms with van der Waals surface area (Å²) >= 11 is 0.980. The van der Waals surface area contributed by atoms with Gasteiger partial charge in [0.25, 0.3) is 0 Å². The average Bonchev–Trinajstić information content (AvgIpc) is 2.94. The molecule has 0 aliphatic heterocycles. The zero-order valence-corrected chi connectivity index (χ0v) is 15.8. The van der Waals surface area contributed by atoms with Crippen LogP contribution in [0.25, 0.3) is 0 Å². The highest BCUT2D eigenvalue weighted by molar-refractivity contribution is 7.18. The number of methoxy groups -OCH3 is 2. The fraction of sp³-hybridized carbons (Fsp3) is 0.278. The molecule has 8 heteroatoms. The third kappa shape index (κ3) is 4.40. The molecule has 2 aromatic rings. The number of ether oxygens (including phenoxy) is 2. The van der Waals surface area contributed by atoms with Gasteiger partial charge in [-0.05, 0) is 37.1 Å². The Morgan fingerprint density at radius 2 is 1.77 bits per heavy atom. The monoisotopic (exact) mass is 376 g/mol. The minimum atomic E-state index is -0.629. The fourth-order valence-electron chi connectivity index (χ4n) is 2.34. The van der Waals surface area contributed by atoms with Crippen molar-refractivity contribution in [2.45, 2.75) is 13.8 Å². The number of esters is 2. The number of amides is 1. The molecule has 138 valence electrons. The van der Waals surface area contributed by atoms with E-state index in [0.717, 1.165) is 22.6 Å². The van der Waals surface area contributed by atoms with Gasteiger partial charge in [0.05, 0.1) is 26.3 Å². The molecule has 0 saturated heterocycles. The summed E-state index contributed by atoms with van der Waals surface area (Å²) in [6, 6.07) is 7.61. The van der Waals surface area contributed by atoms with Crippen LogP contribution in [-0.4, -0.2) is 38.6 Å². The third-order valence-electron chi connectivity index (χ3n) is 3.63. The number of benzene rings is 1. The molecule has 0 aliphatic carbocycles. The Bertz CT molecular complexity index is 844. The Morgan fingerprint density at radius 1 is 1.08 bits per heavy atom. The van der Waals surface area contributed by atoms with E-state index in [1.165, 1.54) is 14.2 Å². The van der Waals surface area contributed by atoms with Gasteiger partial charge in [0.2, 0.25) is 5.91 Å². The highest BCUT2D eigenvalue weighted by atomic mass is 32.1. The predicted molar refractivity (Wildman–Crippen MR) is 100 cm³/mol. The van der Waals surface area contributed by atoms with Crippen molar-refractivity contribution >= 4 is 39.9 Å². The number of hydrogen-bond donors (Lipinski definition) is 2. The van der Waals surface area contributed by atoms with Gasteiger partial charge in [-0.2, -0.15) is 0 Å². The molecule has 0 radical (unpaired) electrons. The minimum Gasteiger partial charge on any atom is -0.465 e. The Labute approximate surface area is 155 Å². The van der Waals surface area contributed by atoms with Crippen LogP contribution >= 0.6 is 11.3 Å². The van der Waals surface area contributed by atoms with E-state index >= 15 is 0 Å². The zero-order valence-electron chi connectivity index (χ0n) is 15.0. The van der Waals surface area contributed by atoms with Gasteiger partial charge in [0.1, 0.15) is 9.88 Å². The standard InChI is InChI=1S/C18H20N2O5S/c1-10-6-5-7-12(8-10)19-9-13(21)20-16-14(17(22)24-3)11(2)15(26-16)18(23)25-4/h5-8,19H,9H2,1-4H3,(H,20,21). The van der Waals surface area contributed by atoms with E-state index in [0.29, 0.717) is 5.56 Å². The lowest BCUT2D eigenvalue weighted by Gasteiger charge is -2.08. The van der Waals surface area contributed by atoms with Gasteiger partial charge in [-0.3, -0.25) is 4.79 Å². The summed E-state index contributed by atoms with van der Waals surface area (Å²) in [5, 5.41) is 5.92. The quantitative estimate of drug-likeness (QED) is 0.753. The molecular weight excluding hydrogens is 356 g/mol. The summed E-state index contributed by atoms with van der Waals surface area (Å²) in [5.74, 6) is -1.55. The van der Waals surface area contributed by atoms with E-state index < -0.39 is 11.9 Å². The van der Waals surface area contributed by atoms with E-state index in [9.17, 15) is 14.4 Å². The first-order valence-corrected chi connectivity index (χ1v) is 8.59. The van der Waals surface area contributed by atoms with Crippen molar-refractivity contribution in [2.24, 2.45) is 0 Å². The maximum absolute atomic E-state index is 12.3. The van der Waals surface area contributed by atoms with Gasteiger partial charge in [-0.15, -0.1) is 11.3 Å². The van der Waals surface area contributed by atoms with Crippen LogP contribution < -0.4 is 10.6 Å². The summed E-state index contributed by atoms with van der Waals surface area (Å²) in [7, 11) is 2.49. The van der Waals surface area contributed by atoms with Crippen molar-refractivity contribution in [3.8, 4) is 0 Å². The summed E-state index contributed by atoms with van der Waals surface area (Å²) in [6.07, 6.45) is 0. The summed E-state index contributed by atoms with van der Waals surface area (Å²) in [5.41, 5.74) is 2.45. The molecule has 7 nitrogen and oxygen atoms in total. The first-order chi connectivity index (χ1) is 12.4. The van der Waals surface area contributed by atoms with Crippen LogP contribution in [-0.2, 0) is 14.3 Å².